The van der Waals surface area contributed by atoms with Crippen molar-refractivity contribution >= 4 is 26.7 Å². The van der Waals surface area contributed by atoms with E-state index in [0.29, 0.717) is 0 Å². The van der Waals surface area contributed by atoms with E-state index in [1.807, 2.05) is 19.1 Å². The number of benzene rings is 2. The molecule has 0 saturated carbocycles. The van der Waals surface area contributed by atoms with E-state index < -0.39 is 0 Å². The fourth-order valence-corrected chi connectivity index (χ4v) is 2.47. The van der Waals surface area contributed by atoms with Crippen LogP contribution in [0, 0.1) is 0 Å². The number of hydrazine groups is 1. The van der Waals surface area contributed by atoms with E-state index in [1.165, 1.54) is 0 Å². The Morgan fingerprint density at radius 2 is 2.06 bits per heavy atom. The van der Waals surface area contributed by atoms with E-state index in [1.54, 1.807) is 7.11 Å². The lowest BCUT2D eigenvalue weighted by molar-refractivity contribution is 0.413. The van der Waals surface area contributed by atoms with Crippen molar-refractivity contribution in [2.24, 2.45) is 5.84 Å². The number of rotatable bonds is 3. The zero-order chi connectivity index (χ0) is 12.4. The van der Waals surface area contributed by atoms with Crippen molar-refractivity contribution < 1.29 is 4.74 Å². The molecule has 2 aromatic rings. The molecular weight excluding hydrogens is 280 g/mol. The van der Waals surface area contributed by atoms with Gasteiger partial charge in [-0.05, 0) is 51.3 Å². The largest absolute Gasteiger partial charge is 0.496 e. The predicted octanol–water partition coefficient (Wildman–Crippen LogP) is 3.14. The summed E-state index contributed by atoms with van der Waals surface area (Å²) in [4.78, 5) is 0. The van der Waals surface area contributed by atoms with Crippen molar-refractivity contribution in [3.63, 3.8) is 0 Å². The number of nitrogens with two attached hydrogens (primary N) is 1. The summed E-state index contributed by atoms with van der Waals surface area (Å²) in [5, 5.41) is 2.30. The Kier molecular flexibility index (Phi) is 3.66. The summed E-state index contributed by atoms with van der Waals surface area (Å²) in [5.41, 5.74) is 3.91. The summed E-state index contributed by atoms with van der Waals surface area (Å²) in [6.07, 6.45) is 0. The van der Waals surface area contributed by atoms with Crippen LogP contribution < -0.4 is 16.0 Å². The zero-order valence-electron chi connectivity index (χ0n) is 9.83. The molecule has 1 atom stereocenters. The second kappa shape index (κ2) is 5.04. The smallest absolute Gasteiger partial charge is 0.133 e. The topological polar surface area (TPSA) is 47.3 Å². The van der Waals surface area contributed by atoms with E-state index in [-0.39, 0.29) is 6.04 Å². The maximum atomic E-state index is 5.44. The second-order valence-electron chi connectivity index (χ2n) is 3.95. The molecule has 3 nitrogen and oxygen atoms in total. The van der Waals surface area contributed by atoms with Crippen LogP contribution in [-0.4, -0.2) is 7.11 Å². The van der Waals surface area contributed by atoms with Gasteiger partial charge >= 0.3 is 0 Å². The van der Waals surface area contributed by atoms with Gasteiger partial charge in [0.1, 0.15) is 5.75 Å². The third-order valence-electron chi connectivity index (χ3n) is 2.91. The van der Waals surface area contributed by atoms with Gasteiger partial charge < -0.3 is 4.74 Å². The van der Waals surface area contributed by atoms with E-state index in [4.69, 9.17) is 10.6 Å². The van der Waals surface area contributed by atoms with Gasteiger partial charge in [0.15, 0.2) is 0 Å². The maximum absolute atomic E-state index is 5.44. The van der Waals surface area contributed by atoms with Crippen LogP contribution in [0.3, 0.4) is 0 Å². The fraction of sp³-hybridized carbons (Fsp3) is 0.231. The molecule has 2 aromatic carbocycles. The van der Waals surface area contributed by atoms with Crippen LogP contribution in [0.25, 0.3) is 10.8 Å². The fourth-order valence-electron chi connectivity index (χ4n) is 1.81. The minimum atomic E-state index is 0.139. The lowest BCUT2D eigenvalue weighted by atomic mass is 10.0. The standard InChI is InChI=1S/C13H15BrN2O/c1-8(16-15)9-3-5-11-10(7-9)4-6-12(17-2)13(11)14/h3-8,16H,15H2,1-2H3/t8-/m0/s1. The van der Waals surface area contributed by atoms with Gasteiger partial charge in [0.25, 0.3) is 0 Å². The average Bonchev–Trinajstić information content (AvgIpc) is 2.38. The van der Waals surface area contributed by atoms with Gasteiger partial charge in [-0.1, -0.05) is 18.2 Å². The molecule has 0 fully saturated rings. The van der Waals surface area contributed by atoms with Crippen LogP contribution in [0.5, 0.6) is 5.75 Å². The SMILES string of the molecule is COc1ccc2cc([C@H](C)NN)ccc2c1Br. The minimum absolute atomic E-state index is 0.139. The number of hydrogen-bond acceptors (Lipinski definition) is 3. The van der Waals surface area contributed by atoms with E-state index >= 15 is 0 Å². The van der Waals surface area contributed by atoms with Crippen molar-refractivity contribution in [1.82, 2.24) is 5.43 Å². The molecule has 0 radical (unpaired) electrons. The molecule has 90 valence electrons. The molecule has 0 aliphatic rings. The normalized spacial score (nSPS) is 12.7. The highest BCUT2D eigenvalue weighted by Gasteiger charge is 2.08. The summed E-state index contributed by atoms with van der Waals surface area (Å²) in [7, 11) is 1.67. The molecule has 0 amide bonds. The van der Waals surface area contributed by atoms with Gasteiger partial charge in [-0.15, -0.1) is 0 Å². The zero-order valence-corrected chi connectivity index (χ0v) is 11.4. The highest BCUT2D eigenvalue weighted by Crippen LogP contribution is 2.33. The Morgan fingerprint density at radius 3 is 2.71 bits per heavy atom. The first kappa shape index (κ1) is 12.4. The van der Waals surface area contributed by atoms with Gasteiger partial charge in [-0.25, -0.2) is 0 Å². The number of ether oxygens (including phenoxy) is 1. The first-order valence-electron chi connectivity index (χ1n) is 5.39. The molecule has 4 heteroatoms. The van der Waals surface area contributed by atoms with E-state index in [9.17, 15) is 0 Å². The first-order chi connectivity index (χ1) is 8.17. The molecular formula is C13H15BrN2O. The van der Waals surface area contributed by atoms with Crippen LogP contribution in [0.1, 0.15) is 18.5 Å². The monoisotopic (exact) mass is 294 g/mol. The number of nitrogens with one attached hydrogen (secondary N) is 1. The van der Waals surface area contributed by atoms with Gasteiger partial charge in [0, 0.05) is 6.04 Å². The van der Waals surface area contributed by atoms with Crippen molar-refractivity contribution in [3.05, 3.63) is 40.4 Å². The molecule has 0 spiro atoms. The average molecular weight is 295 g/mol. The van der Waals surface area contributed by atoms with Crippen LogP contribution in [-0.2, 0) is 0 Å². The van der Waals surface area contributed by atoms with Crippen molar-refractivity contribution in [3.8, 4) is 5.75 Å². The molecule has 0 aromatic heterocycles. The number of halogens is 1. The highest BCUT2D eigenvalue weighted by molar-refractivity contribution is 9.10. The summed E-state index contributed by atoms with van der Waals surface area (Å²) >= 11 is 3.56. The Labute approximate surface area is 109 Å². The number of hydrogen-bond donors (Lipinski definition) is 2. The molecule has 0 saturated heterocycles. The number of methoxy groups -OCH3 is 1. The first-order valence-corrected chi connectivity index (χ1v) is 6.19. The van der Waals surface area contributed by atoms with Crippen LogP contribution in [0.2, 0.25) is 0 Å². The molecule has 0 aliphatic carbocycles. The summed E-state index contributed by atoms with van der Waals surface area (Å²) in [6.45, 7) is 2.03. The maximum Gasteiger partial charge on any atom is 0.133 e. The third-order valence-corrected chi connectivity index (χ3v) is 3.73. The van der Waals surface area contributed by atoms with Crippen molar-refractivity contribution in [2.45, 2.75) is 13.0 Å². The summed E-state index contributed by atoms with van der Waals surface area (Å²) < 4.78 is 6.26. The highest BCUT2D eigenvalue weighted by atomic mass is 79.9. The number of fused-ring (bicyclic) bond motifs is 1. The van der Waals surface area contributed by atoms with E-state index in [0.717, 1.165) is 26.6 Å². The van der Waals surface area contributed by atoms with E-state index in [2.05, 4.69) is 39.6 Å². The lowest BCUT2D eigenvalue weighted by Gasteiger charge is -2.12. The Balaban J connectivity index is 2.57. The third kappa shape index (κ3) is 2.29. The predicted molar refractivity (Wildman–Crippen MR) is 73.9 cm³/mol. The Bertz CT molecular complexity index is 542. The van der Waals surface area contributed by atoms with Crippen molar-refractivity contribution in [1.29, 1.82) is 0 Å². The second-order valence-corrected chi connectivity index (χ2v) is 4.74. The van der Waals surface area contributed by atoms with Crippen LogP contribution in [0.15, 0.2) is 34.8 Å². The molecule has 17 heavy (non-hydrogen) atoms. The molecule has 2 rings (SSSR count). The van der Waals surface area contributed by atoms with Crippen LogP contribution in [0.4, 0.5) is 0 Å². The molecule has 0 unspecified atom stereocenters. The molecule has 0 heterocycles. The van der Waals surface area contributed by atoms with Crippen LogP contribution >= 0.6 is 15.9 Å². The minimum Gasteiger partial charge on any atom is -0.496 e. The van der Waals surface area contributed by atoms with Gasteiger partial charge in [-0.2, -0.15) is 0 Å². The molecule has 0 bridgehead atoms. The lowest BCUT2D eigenvalue weighted by Crippen LogP contribution is -2.25. The summed E-state index contributed by atoms with van der Waals surface area (Å²) in [5.74, 6) is 6.29. The molecule has 0 aliphatic heterocycles. The molecule has 3 N–H and O–H groups in total. The van der Waals surface area contributed by atoms with Crippen molar-refractivity contribution in [2.75, 3.05) is 7.11 Å². The quantitative estimate of drug-likeness (QED) is 0.675. The summed E-state index contributed by atoms with van der Waals surface area (Å²) in [6, 6.07) is 10.4. The Morgan fingerprint density at radius 1 is 1.29 bits per heavy atom. The van der Waals surface area contributed by atoms with Gasteiger partial charge in [-0.3, -0.25) is 11.3 Å². The van der Waals surface area contributed by atoms with Gasteiger partial charge in [0.05, 0.1) is 11.6 Å². The van der Waals surface area contributed by atoms with Gasteiger partial charge in [0.2, 0.25) is 0 Å². The Hall–Kier alpha value is -1.10.